The number of carbonyl (C=O) groups excluding carboxylic acids is 1. The van der Waals surface area contributed by atoms with E-state index in [2.05, 4.69) is 5.32 Å². The zero-order chi connectivity index (χ0) is 23.6. The van der Waals surface area contributed by atoms with Crippen molar-refractivity contribution >= 4 is 58.2 Å². The Morgan fingerprint density at radius 2 is 1.78 bits per heavy atom. The average Bonchev–Trinajstić information content (AvgIpc) is 2.99. The first-order chi connectivity index (χ1) is 15.1. The van der Waals surface area contributed by atoms with Crippen molar-refractivity contribution in [2.75, 3.05) is 5.32 Å². The molecule has 0 saturated heterocycles. The quantitative estimate of drug-likeness (QED) is 0.191. The van der Waals surface area contributed by atoms with E-state index in [1.165, 1.54) is 18.2 Å². The molecule has 0 aliphatic rings. The smallest absolute Gasteiger partial charge is 0.289 e. The van der Waals surface area contributed by atoms with Gasteiger partial charge in [-0.15, -0.1) is 0 Å². The molecule has 0 aliphatic heterocycles. The van der Waals surface area contributed by atoms with Crippen LogP contribution in [0.15, 0.2) is 48.0 Å². The highest BCUT2D eigenvalue weighted by atomic mass is 35.5. The summed E-state index contributed by atoms with van der Waals surface area (Å²) < 4.78 is 1.90. The van der Waals surface area contributed by atoms with Gasteiger partial charge in [-0.3, -0.25) is 14.9 Å². The number of nitrogens with one attached hydrogen (secondary N) is 1. The summed E-state index contributed by atoms with van der Waals surface area (Å²) in [5.41, 5.74) is 2.62. The Balaban J connectivity index is 1.95. The molecule has 0 bridgehead atoms. The summed E-state index contributed by atoms with van der Waals surface area (Å²) in [7, 11) is 0. The molecule has 0 saturated carbocycles. The van der Waals surface area contributed by atoms with E-state index in [0.29, 0.717) is 15.6 Å². The predicted octanol–water partition coefficient (Wildman–Crippen LogP) is 6.51. The largest absolute Gasteiger partial charge is 0.321 e. The standard InChI is InChI=1S/C22H15Cl3N4O3/c1-12-5-14(13(2)28(12)19-8-16(23)7-17(24)9-19)6-15(11-26)22(30)27-18-3-4-20(25)21(10-18)29(31)32/h3-10H,1-2H3,(H,27,30)/b15-6+. The molecule has 3 aromatic rings. The zero-order valence-electron chi connectivity index (χ0n) is 16.8. The first-order valence-corrected chi connectivity index (χ1v) is 10.3. The number of hydrogen-bond donors (Lipinski definition) is 1. The van der Waals surface area contributed by atoms with Crippen molar-refractivity contribution in [2.45, 2.75) is 13.8 Å². The Morgan fingerprint density at radius 3 is 2.38 bits per heavy atom. The number of halogens is 3. The average molecular weight is 490 g/mol. The molecule has 0 spiro atoms. The van der Waals surface area contributed by atoms with Crippen LogP contribution in [0, 0.1) is 35.3 Å². The van der Waals surface area contributed by atoms with Gasteiger partial charge in [-0.1, -0.05) is 34.8 Å². The van der Waals surface area contributed by atoms with Crippen LogP contribution < -0.4 is 5.32 Å². The normalized spacial score (nSPS) is 11.2. The van der Waals surface area contributed by atoms with Crippen LogP contribution in [-0.4, -0.2) is 15.4 Å². The van der Waals surface area contributed by atoms with E-state index in [1.807, 2.05) is 30.6 Å². The van der Waals surface area contributed by atoms with Crippen molar-refractivity contribution in [3.05, 3.63) is 90.2 Å². The lowest BCUT2D eigenvalue weighted by Crippen LogP contribution is -2.13. The van der Waals surface area contributed by atoms with E-state index >= 15 is 0 Å². The number of carbonyl (C=O) groups is 1. The van der Waals surface area contributed by atoms with Crippen molar-refractivity contribution in [3.8, 4) is 11.8 Å². The van der Waals surface area contributed by atoms with Gasteiger partial charge in [0.25, 0.3) is 11.6 Å². The van der Waals surface area contributed by atoms with Crippen molar-refractivity contribution < 1.29 is 9.72 Å². The van der Waals surface area contributed by atoms with Gasteiger partial charge in [0, 0.05) is 38.9 Å². The van der Waals surface area contributed by atoms with Gasteiger partial charge in [-0.05, 0) is 61.9 Å². The predicted molar refractivity (Wildman–Crippen MR) is 126 cm³/mol. The number of aryl methyl sites for hydroxylation is 1. The highest BCUT2D eigenvalue weighted by Gasteiger charge is 2.17. The summed E-state index contributed by atoms with van der Waals surface area (Å²) in [4.78, 5) is 23.0. The molecule has 0 unspecified atom stereocenters. The topological polar surface area (TPSA) is 101 Å². The summed E-state index contributed by atoms with van der Waals surface area (Å²) in [5, 5.41) is 24.0. The van der Waals surface area contributed by atoms with E-state index < -0.39 is 10.8 Å². The second-order valence-electron chi connectivity index (χ2n) is 6.84. The number of rotatable bonds is 5. The van der Waals surface area contributed by atoms with Crippen LogP contribution in [0.2, 0.25) is 15.1 Å². The van der Waals surface area contributed by atoms with Gasteiger partial charge >= 0.3 is 0 Å². The Hall–Kier alpha value is -3.31. The zero-order valence-corrected chi connectivity index (χ0v) is 19.1. The molecule has 0 atom stereocenters. The Morgan fingerprint density at radius 1 is 1.12 bits per heavy atom. The van der Waals surface area contributed by atoms with Crippen LogP contribution in [0.1, 0.15) is 17.0 Å². The molecule has 1 aromatic heterocycles. The summed E-state index contributed by atoms with van der Waals surface area (Å²) in [5.74, 6) is -0.709. The lowest BCUT2D eigenvalue weighted by Gasteiger charge is -2.11. The molecule has 0 radical (unpaired) electrons. The third-order valence-corrected chi connectivity index (χ3v) is 5.40. The number of nitro groups is 1. The van der Waals surface area contributed by atoms with E-state index in [0.717, 1.165) is 23.1 Å². The summed E-state index contributed by atoms with van der Waals surface area (Å²) in [6.45, 7) is 3.71. The number of benzene rings is 2. The van der Waals surface area contributed by atoms with E-state index in [-0.39, 0.29) is 22.0 Å². The Labute approximate surface area is 198 Å². The van der Waals surface area contributed by atoms with Crippen LogP contribution in [0.25, 0.3) is 11.8 Å². The maximum atomic E-state index is 12.6. The van der Waals surface area contributed by atoms with Crippen molar-refractivity contribution in [3.63, 3.8) is 0 Å². The van der Waals surface area contributed by atoms with Crippen LogP contribution in [0.3, 0.4) is 0 Å². The number of aromatic nitrogens is 1. The summed E-state index contributed by atoms with van der Waals surface area (Å²) >= 11 is 18.0. The van der Waals surface area contributed by atoms with Crippen molar-refractivity contribution in [2.24, 2.45) is 0 Å². The van der Waals surface area contributed by atoms with Crippen LogP contribution in [0.4, 0.5) is 11.4 Å². The highest BCUT2D eigenvalue weighted by molar-refractivity contribution is 6.35. The molecule has 0 aliphatic carbocycles. The third kappa shape index (κ3) is 4.94. The fourth-order valence-electron chi connectivity index (χ4n) is 3.23. The summed E-state index contributed by atoms with van der Waals surface area (Å²) in [6.07, 6.45) is 1.45. The number of hydrogen-bond acceptors (Lipinski definition) is 4. The Bertz CT molecular complexity index is 1300. The highest BCUT2D eigenvalue weighted by Crippen LogP contribution is 2.29. The van der Waals surface area contributed by atoms with E-state index in [9.17, 15) is 20.2 Å². The number of nitriles is 1. The fraction of sp³-hybridized carbons (Fsp3) is 0.0909. The fourth-order valence-corrected chi connectivity index (χ4v) is 3.93. The second kappa shape index (κ2) is 9.45. The van der Waals surface area contributed by atoms with E-state index in [1.54, 1.807) is 18.2 Å². The maximum Gasteiger partial charge on any atom is 0.289 e. The minimum Gasteiger partial charge on any atom is -0.321 e. The molecule has 1 heterocycles. The molecular weight excluding hydrogens is 475 g/mol. The van der Waals surface area contributed by atoms with Crippen molar-refractivity contribution in [1.82, 2.24) is 4.57 Å². The van der Waals surface area contributed by atoms with E-state index in [4.69, 9.17) is 34.8 Å². The number of amides is 1. The lowest BCUT2D eigenvalue weighted by molar-refractivity contribution is -0.384. The van der Waals surface area contributed by atoms with Gasteiger partial charge in [0.1, 0.15) is 16.7 Å². The first kappa shape index (κ1) is 23.4. The second-order valence-corrected chi connectivity index (χ2v) is 8.12. The molecular formula is C22H15Cl3N4O3. The van der Waals surface area contributed by atoms with Crippen molar-refractivity contribution in [1.29, 1.82) is 5.26 Å². The SMILES string of the molecule is Cc1cc(/C=C(\C#N)C(=O)Nc2ccc(Cl)c([N+](=O)[O-])c2)c(C)n1-c1cc(Cl)cc(Cl)c1. The molecule has 162 valence electrons. The molecule has 7 nitrogen and oxygen atoms in total. The lowest BCUT2D eigenvalue weighted by atomic mass is 10.1. The van der Waals surface area contributed by atoms with Gasteiger partial charge < -0.3 is 9.88 Å². The monoisotopic (exact) mass is 488 g/mol. The number of nitro benzene ring substituents is 1. The van der Waals surface area contributed by atoms with Gasteiger partial charge in [0.15, 0.2) is 0 Å². The molecule has 1 amide bonds. The van der Waals surface area contributed by atoms with Gasteiger partial charge in [0.2, 0.25) is 0 Å². The third-order valence-electron chi connectivity index (χ3n) is 4.64. The van der Waals surface area contributed by atoms with Gasteiger partial charge in [-0.2, -0.15) is 5.26 Å². The molecule has 1 N–H and O–H groups in total. The van der Waals surface area contributed by atoms with Gasteiger partial charge in [0.05, 0.1) is 4.92 Å². The number of anilines is 1. The Kier molecular flexibility index (Phi) is 6.90. The van der Waals surface area contributed by atoms with Gasteiger partial charge in [-0.25, -0.2) is 0 Å². The molecule has 10 heteroatoms. The molecule has 32 heavy (non-hydrogen) atoms. The molecule has 3 rings (SSSR count). The van der Waals surface area contributed by atoms with Crippen LogP contribution in [-0.2, 0) is 4.79 Å². The minimum atomic E-state index is -0.709. The minimum absolute atomic E-state index is 0.0578. The van der Waals surface area contributed by atoms with Crippen LogP contribution in [0.5, 0.6) is 0 Å². The molecule has 0 fully saturated rings. The molecule has 2 aromatic carbocycles. The first-order valence-electron chi connectivity index (χ1n) is 9.13. The van der Waals surface area contributed by atoms with Crippen LogP contribution >= 0.6 is 34.8 Å². The maximum absolute atomic E-state index is 12.6. The number of nitrogens with zero attached hydrogens (tertiary/aromatic N) is 3. The summed E-state index contributed by atoms with van der Waals surface area (Å²) in [6, 6.07) is 12.7.